The van der Waals surface area contributed by atoms with E-state index >= 15 is 0 Å². The predicted octanol–water partition coefficient (Wildman–Crippen LogP) is -0.119. The summed E-state index contributed by atoms with van der Waals surface area (Å²) in [5, 5.41) is 22.8. The van der Waals surface area contributed by atoms with Crippen LogP contribution in [0.25, 0.3) is 0 Å². The molecule has 2 aliphatic heterocycles. The van der Waals surface area contributed by atoms with Crippen LogP contribution >= 0.6 is 0 Å². The minimum absolute atomic E-state index is 0.210. The standard InChI is InChI=1S/C9H13N3O.C2H2O4/c1-7-10-11-8(13-7)9-2-4-12(6-9)5-3-9;3-1(4)2(5)6/h2-6H2,1H3;(H,3,4)(H,5,6). The highest BCUT2D eigenvalue weighted by Gasteiger charge is 2.48. The molecule has 2 aliphatic rings. The van der Waals surface area contributed by atoms with Gasteiger partial charge >= 0.3 is 11.9 Å². The Bertz CT molecular complexity index is 478. The lowest BCUT2D eigenvalue weighted by molar-refractivity contribution is -0.159. The maximum atomic E-state index is 9.10. The number of carbonyl (C=O) groups is 2. The van der Waals surface area contributed by atoms with Gasteiger partial charge in [-0.05, 0) is 25.9 Å². The van der Waals surface area contributed by atoms with Crippen LogP contribution in [-0.2, 0) is 15.0 Å². The monoisotopic (exact) mass is 269 g/mol. The largest absolute Gasteiger partial charge is 0.473 e. The summed E-state index contributed by atoms with van der Waals surface area (Å²) in [6.45, 7) is 5.37. The number of rotatable bonds is 1. The molecule has 8 nitrogen and oxygen atoms in total. The van der Waals surface area contributed by atoms with E-state index in [0.717, 1.165) is 12.4 Å². The maximum absolute atomic E-state index is 9.10. The van der Waals surface area contributed by atoms with E-state index in [1.54, 1.807) is 0 Å². The van der Waals surface area contributed by atoms with Gasteiger partial charge in [0.2, 0.25) is 11.8 Å². The number of carboxylic acids is 2. The van der Waals surface area contributed by atoms with E-state index < -0.39 is 11.9 Å². The molecule has 3 heterocycles. The third-order valence-corrected chi connectivity index (χ3v) is 3.50. The van der Waals surface area contributed by atoms with Crippen molar-refractivity contribution in [3.63, 3.8) is 0 Å². The van der Waals surface area contributed by atoms with Crippen LogP contribution in [0.4, 0.5) is 0 Å². The second kappa shape index (κ2) is 4.96. The van der Waals surface area contributed by atoms with Crippen LogP contribution in [0.2, 0.25) is 0 Å². The third-order valence-electron chi connectivity index (χ3n) is 3.50. The van der Waals surface area contributed by atoms with Crippen LogP contribution in [0.1, 0.15) is 24.6 Å². The summed E-state index contributed by atoms with van der Waals surface area (Å²) in [6.07, 6.45) is 2.38. The van der Waals surface area contributed by atoms with E-state index in [0.29, 0.717) is 5.89 Å². The minimum Gasteiger partial charge on any atom is -0.473 e. The van der Waals surface area contributed by atoms with E-state index in [1.165, 1.54) is 25.9 Å². The Morgan fingerprint density at radius 1 is 1.21 bits per heavy atom. The normalized spacial score (nSPS) is 27.7. The number of aromatic nitrogens is 2. The zero-order chi connectivity index (χ0) is 14.0. The zero-order valence-corrected chi connectivity index (χ0v) is 10.5. The van der Waals surface area contributed by atoms with Crippen molar-refractivity contribution >= 4 is 11.9 Å². The van der Waals surface area contributed by atoms with E-state index in [9.17, 15) is 0 Å². The second-order valence-corrected chi connectivity index (χ2v) is 4.79. The first kappa shape index (κ1) is 13.5. The van der Waals surface area contributed by atoms with Gasteiger partial charge in [0.25, 0.3) is 0 Å². The summed E-state index contributed by atoms with van der Waals surface area (Å²) in [5.41, 5.74) is 0.210. The number of hydrogen-bond acceptors (Lipinski definition) is 6. The molecular weight excluding hydrogens is 254 g/mol. The minimum atomic E-state index is -1.82. The number of fused-ring (bicyclic) bond motifs is 2. The first-order valence-electron chi connectivity index (χ1n) is 5.92. The van der Waals surface area contributed by atoms with Gasteiger partial charge in [-0.2, -0.15) is 0 Å². The summed E-state index contributed by atoms with van der Waals surface area (Å²) in [6, 6.07) is 0. The molecule has 0 aliphatic carbocycles. The molecule has 2 N–H and O–H groups in total. The first-order valence-corrected chi connectivity index (χ1v) is 5.92. The molecule has 19 heavy (non-hydrogen) atoms. The summed E-state index contributed by atoms with van der Waals surface area (Å²) in [5.74, 6) is -2.09. The maximum Gasteiger partial charge on any atom is 0.414 e. The van der Waals surface area contributed by atoms with Crippen LogP contribution in [0.5, 0.6) is 0 Å². The fraction of sp³-hybridized carbons (Fsp3) is 0.636. The molecular formula is C11H15N3O5. The Morgan fingerprint density at radius 3 is 2.11 bits per heavy atom. The highest BCUT2D eigenvalue weighted by Crippen LogP contribution is 2.42. The van der Waals surface area contributed by atoms with Crippen LogP contribution in [0.15, 0.2) is 4.42 Å². The van der Waals surface area contributed by atoms with E-state index in [1.807, 2.05) is 6.92 Å². The Balaban J connectivity index is 0.000000192. The number of carboxylic acid groups (broad SMARTS) is 2. The van der Waals surface area contributed by atoms with Crippen LogP contribution in [0.3, 0.4) is 0 Å². The second-order valence-electron chi connectivity index (χ2n) is 4.79. The molecule has 8 heteroatoms. The quantitative estimate of drug-likeness (QED) is 0.678. The SMILES string of the molecule is Cc1nnc(C23CCN(CC2)C3)o1.O=C(O)C(=O)O. The molecule has 1 aromatic heterocycles. The average molecular weight is 269 g/mol. The van der Waals surface area contributed by atoms with Crippen molar-refractivity contribution in [3.05, 3.63) is 11.8 Å². The van der Waals surface area contributed by atoms with Gasteiger partial charge in [-0.3, -0.25) is 0 Å². The van der Waals surface area contributed by atoms with Gasteiger partial charge in [0.05, 0.1) is 5.41 Å². The molecule has 3 rings (SSSR count). The van der Waals surface area contributed by atoms with Gasteiger partial charge in [-0.25, -0.2) is 9.59 Å². The molecule has 0 radical (unpaired) electrons. The molecule has 0 unspecified atom stereocenters. The molecule has 0 amide bonds. The van der Waals surface area contributed by atoms with Crippen LogP contribution in [0, 0.1) is 6.92 Å². The molecule has 0 atom stereocenters. The number of nitrogens with zero attached hydrogens (tertiary/aromatic N) is 3. The van der Waals surface area contributed by atoms with Gasteiger partial charge in [0.15, 0.2) is 0 Å². The fourth-order valence-corrected chi connectivity index (χ4v) is 2.52. The lowest BCUT2D eigenvalue weighted by atomic mass is 9.85. The predicted molar refractivity (Wildman–Crippen MR) is 61.7 cm³/mol. The molecule has 2 fully saturated rings. The van der Waals surface area contributed by atoms with Crippen molar-refractivity contribution in [1.29, 1.82) is 0 Å². The molecule has 1 aromatic rings. The molecule has 2 bridgehead atoms. The summed E-state index contributed by atoms with van der Waals surface area (Å²) >= 11 is 0. The topological polar surface area (TPSA) is 117 Å². The molecule has 0 aromatic carbocycles. The first-order chi connectivity index (χ1) is 8.93. The summed E-state index contributed by atoms with van der Waals surface area (Å²) in [7, 11) is 0. The third kappa shape index (κ3) is 2.73. The van der Waals surface area contributed by atoms with Gasteiger partial charge in [-0.15, -0.1) is 10.2 Å². The summed E-state index contributed by atoms with van der Waals surface area (Å²) < 4.78 is 5.54. The van der Waals surface area contributed by atoms with Gasteiger partial charge in [-0.1, -0.05) is 0 Å². The summed E-state index contributed by atoms with van der Waals surface area (Å²) in [4.78, 5) is 20.7. The smallest absolute Gasteiger partial charge is 0.414 e. The number of hydrogen-bond donors (Lipinski definition) is 2. The Morgan fingerprint density at radius 2 is 1.79 bits per heavy atom. The van der Waals surface area contributed by atoms with Crippen molar-refractivity contribution in [2.24, 2.45) is 0 Å². The fourth-order valence-electron chi connectivity index (χ4n) is 2.52. The number of aliphatic carboxylic acids is 2. The van der Waals surface area contributed by atoms with Crippen molar-refractivity contribution in [2.75, 3.05) is 19.6 Å². The molecule has 104 valence electrons. The molecule has 0 saturated carbocycles. The lowest BCUT2D eigenvalue weighted by Crippen LogP contribution is -2.24. The number of aryl methyl sites for hydroxylation is 1. The lowest BCUT2D eigenvalue weighted by Gasteiger charge is -2.19. The van der Waals surface area contributed by atoms with Crippen LogP contribution in [-0.4, -0.2) is 56.9 Å². The van der Waals surface area contributed by atoms with Crippen molar-refractivity contribution in [3.8, 4) is 0 Å². The van der Waals surface area contributed by atoms with E-state index in [2.05, 4.69) is 15.1 Å². The van der Waals surface area contributed by atoms with Gasteiger partial charge < -0.3 is 19.5 Å². The van der Waals surface area contributed by atoms with Crippen LogP contribution < -0.4 is 0 Å². The highest BCUT2D eigenvalue weighted by molar-refractivity contribution is 6.27. The van der Waals surface area contributed by atoms with E-state index in [4.69, 9.17) is 24.2 Å². The van der Waals surface area contributed by atoms with Crippen molar-refractivity contribution < 1.29 is 24.2 Å². The Kier molecular flexibility index (Phi) is 3.52. The van der Waals surface area contributed by atoms with Crippen molar-refractivity contribution in [1.82, 2.24) is 15.1 Å². The zero-order valence-electron chi connectivity index (χ0n) is 10.5. The molecule has 0 spiro atoms. The average Bonchev–Trinajstić information content (AvgIpc) is 3.04. The van der Waals surface area contributed by atoms with Gasteiger partial charge in [0.1, 0.15) is 0 Å². The Hall–Kier alpha value is -1.96. The van der Waals surface area contributed by atoms with E-state index in [-0.39, 0.29) is 5.41 Å². The van der Waals surface area contributed by atoms with Crippen molar-refractivity contribution in [2.45, 2.75) is 25.2 Å². The Labute approximate surface area is 109 Å². The number of piperidine rings is 1. The van der Waals surface area contributed by atoms with Gasteiger partial charge in [0, 0.05) is 13.5 Å². The highest BCUT2D eigenvalue weighted by atomic mass is 16.4. The molecule has 2 saturated heterocycles.